The van der Waals surface area contributed by atoms with Crippen molar-refractivity contribution < 1.29 is 14.7 Å². The maximum absolute atomic E-state index is 12.2. The van der Waals surface area contributed by atoms with Crippen LogP contribution in [0.4, 0.5) is 10.6 Å². The van der Waals surface area contributed by atoms with E-state index >= 15 is 0 Å². The second kappa shape index (κ2) is 8.58. The standard InChI is InChI=1S/C20H21ClN6O3/c21-19-25-16-11-27(17(28)10-24-20(29)30)8-6-14(16)18(26-19)22-7-5-12-9-23-15-4-2-1-3-13(12)15/h1-4,9,23-24H,5-8,10-11H2,(H,29,30)(H,22,25,26). The number of H-pyrrole nitrogens is 1. The minimum Gasteiger partial charge on any atom is -0.465 e. The number of carbonyl (C=O) groups is 2. The van der Waals surface area contributed by atoms with Crippen molar-refractivity contribution in [1.29, 1.82) is 0 Å². The second-order valence-corrected chi connectivity index (χ2v) is 7.36. The van der Waals surface area contributed by atoms with Gasteiger partial charge in [0.05, 0.1) is 12.2 Å². The third kappa shape index (κ3) is 4.30. The van der Waals surface area contributed by atoms with Crippen molar-refractivity contribution in [2.75, 3.05) is 25.0 Å². The summed E-state index contributed by atoms with van der Waals surface area (Å²) in [5, 5.41) is 15.4. The van der Waals surface area contributed by atoms with E-state index in [4.69, 9.17) is 16.7 Å². The number of benzene rings is 1. The molecule has 3 aromatic rings. The van der Waals surface area contributed by atoms with Crippen LogP contribution in [0.5, 0.6) is 0 Å². The van der Waals surface area contributed by atoms with Gasteiger partial charge in [0.2, 0.25) is 11.2 Å². The topological polar surface area (TPSA) is 123 Å². The SMILES string of the molecule is O=C(O)NCC(=O)N1CCc2c(nc(Cl)nc2NCCc2c[nH]c3ccccc23)C1. The Balaban J connectivity index is 1.43. The van der Waals surface area contributed by atoms with E-state index in [1.54, 1.807) is 4.90 Å². The number of aromatic nitrogens is 3. The first-order chi connectivity index (χ1) is 14.5. The number of rotatable bonds is 6. The van der Waals surface area contributed by atoms with Crippen LogP contribution in [0.1, 0.15) is 16.8 Å². The Kier molecular flexibility index (Phi) is 5.71. The molecule has 0 radical (unpaired) electrons. The number of amides is 2. The van der Waals surface area contributed by atoms with Crippen LogP contribution in [0.15, 0.2) is 30.5 Å². The minimum atomic E-state index is -1.23. The molecule has 3 heterocycles. The summed E-state index contributed by atoms with van der Waals surface area (Å²) in [6.45, 7) is 1.15. The molecule has 9 nitrogen and oxygen atoms in total. The summed E-state index contributed by atoms with van der Waals surface area (Å²) in [5.41, 5.74) is 3.94. The van der Waals surface area contributed by atoms with Crippen molar-refractivity contribution in [1.82, 2.24) is 25.2 Å². The zero-order chi connectivity index (χ0) is 21.1. The first-order valence-electron chi connectivity index (χ1n) is 9.60. The van der Waals surface area contributed by atoms with Crippen LogP contribution in [-0.2, 0) is 24.2 Å². The molecular weight excluding hydrogens is 408 g/mol. The summed E-state index contributed by atoms with van der Waals surface area (Å²) >= 11 is 6.11. The molecule has 0 saturated heterocycles. The van der Waals surface area contributed by atoms with Crippen LogP contribution < -0.4 is 10.6 Å². The first-order valence-corrected chi connectivity index (χ1v) is 9.98. The van der Waals surface area contributed by atoms with E-state index < -0.39 is 6.09 Å². The number of carbonyl (C=O) groups excluding carboxylic acids is 1. The lowest BCUT2D eigenvalue weighted by Crippen LogP contribution is -2.42. The van der Waals surface area contributed by atoms with E-state index in [1.165, 1.54) is 10.9 Å². The first kappa shape index (κ1) is 20.0. The lowest BCUT2D eigenvalue weighted by molar-refractivity contribution is -0.131. The predicted octanol–water partition coefficient (Wildman–Crippen LogP) is 2.42. The van der Waals surface area contributed by atoms with E-state index in [9.17, 15) is 9.59 Å². The van der Waals surface area contributed by atoms with Crippen molar-refractivity contribution in [2.45, 2.75) is 19.4 Å². The fourth-order valence-electron chi connectivity index (χ4n) is 3.68. The normalized spacial score (nSPS) is 13.2. The van der Waals surface area contributed by atoms with Crippen LogP contribution in [0, 0.1) is 0 Å². The summed E-state index contributed by atoms with van der Waals surface area (Å²) in [6.07, 6.45) is 2.17. The maximum Gasteiger partial charge on any atom is 0.405 e. The van der Waals surface area contributed by atoms with E-state index in [1.807, 2.05) is 24.4 Å². The number of nitrogens with one attached hydrogen (secondary N) is 3. The maximum atomic E-state index is 12.2. The van der Waals surface area contributed by atoms with Crippen LogP contribution in [0.2, 0.25) is 5.28 Å². The van der Waals surface area contributed by atoms with Gasteiger partial charge in [-0.3, -0.25) is 4.79 Å². The molecule has 1 aromatic carbocycles. The number of carboxylic acid groups (broad SMARTS) is 1. The molecule has 10 heteroatoms. The van der Waals surface area contributed by atoms with Crippen molar-refractivity contribution in [3.8, 4) is 0 Å². The zero-order valence-corrected chi connectivity index (χ0v) is 16.9. The number of halogens is 1. The van der Waals surface area contributed by atoms with E-state index in [2.05, 4.69) is 31.7 Å². The van der Waals surface area contributed by atoms with Gasteiger partial charge in [0, 0.05) is 35.8 Å². The van der Waals surface area contributed by atoms with Gasteiger partial charge in [0.15, 0.2) is 0 Å². The van der Waals surface area contributed by atoms with E-state index in [-0.39, 0.29) is 24.3 Å². The van der Waals surface area contributed by atoms with Gasteiger partial charge in [0.1, 0.15) is 12.4 Å². The number of fused-ring (bicyclic) bond motifs is 2. The van der Waals surface area contributed by atoms with Gasteiger partial charge in [-0.05, 0) is 36.1 Å². The molecular formula is C20H21ClN6O3. The van der Waals surface area contributed by atoms with Crippen LogP contribution >= 0.6 is 11.6 Å². The molecule has 4 rings (SSSR count). The number of para-hydroxylation sites is 1. The van der Waals surface area contributed by atoms with E-state index in [0.717, 1.165) is 17.5 Å². The zero-order valence-electron chi connectivity index (χ0n) is 16.1. The number of aromatic amines is 1. The second-order valence-electron chi connectivity index (χ2n) is 7.03. The quantitative estimate of drug-likeness (QED) is 0.447. The molecule has 0 bridgehead atoms. The van der Waals surface area contributed by atoms with Gasteiger partial charge < -0.3 is 25.6 Å². The number of anilines is 1. The molecule has 0 spiro atoms. The Morgan fingerprint density at radius 3 is 2.93 bits per heavy atom. The number of hydrogen-bond donors (Lipinski definition) is 4. The molecule has 0 aliphatic carbocycles. The lowest BCUT2D eigenvalue weighted by Gasteiger charge is -2.29. The van der Waals surface area contributed by atoms with Crippen LogP contribution in [-0.4, -0.2) is 56.6 Å². The van der Waals surface area contributed by atoms with Crippen molar-refractivity contribution in [3.63, 3.8) is 0 Å². The Morgan fingerprint density at radius 2 is 2.10 bits per heavy atom. The summed E-state index contributed by atoms with van der Waals surface area (Å²) in [4.78, 5) is 36.3. The highest BCUT2D eigenvalue weighted by molar-refractivity contribution is 6.28. The third-order valence-electron chi connectivity index (χ3n) is 5.14. The third-order valence-corrected chi connectivity index (χ3v) is 5.31. The molecule has 1 aliphatic heterocycles. The Bertz CT molecular complexity index is 1100. The largest absolute Gasteiger partial charge is 0.465 e. The predicted molar refractivity (Wildman–Crippen MR) is 113 cm³/mol. The molecule has 2 aromatic heterocycles. The summed E-state index contributed by atoms with van der Waals surface area (Å²) in [6, 6.07) is 8.16. The molecule has 30 heavy (non-hydrogen) atoms. The van der Waals surface area contributed by atoms with Gasteiger partial charge in [-0.1, -0.05) is 18.2 Å². The average Bonchev–Trinajstić information content (AvgIpc) is 3.14. The highest BCUT2D eigenvalue weighted by atomic mass is 35.5. The minimum absolute atomic E-state index is 0.112. The van der Waals surface area contributed by atoms with Gasteiger partial charge in [-0.2, -0.15) is 0 Å². The van der Waals surface area contributed by atoms with E-state index in [0.29, 0.717) is 31.0 Å². The number of nitrogens with zero attached hydrogens (tertiary/aromatic N) is 3. The smallest absolute Gasteiger partial charge is 0.405 e. The monoisotopic (exact) mass is 428 g/mol. The fourth-order valence-corrected chi connectivity index (χ4v) is 3.86. The Hall–Kier alpha value is -3.33. The van der Waals surface area contributed by atoms with Gasteiger partial charge >= 0.3 is 6.09 Å². The molecule has 0 atom stereocenters. The molecule has 0 fully saturated rings. The molecule has 2 amide bonds. The van der Waals surface area contributed by atoms with Gasteiger partial charge in [-0.25, -0.2) is 14.8 Å². The lowest BCUT2D eigenvalue weighted by atomic mass is 10.1. The van der Waals surface area contributed by atoms with Gasteiger partial charge in [-0.15, -0.1) is 0 Å². The van der Waals surface area contributed by atoms with Crippen molar-refractivity contribution >= 4 is 40.3 Å². The fraction of sp³-hybridized carbons (Fsp3) is 0.300. The van der Waals surface area contributed by atoms with Crippen LogP contribution in [0.25, 0.3) is 10.9 Å². The Labute approximate surface area is 177 Å². The molecule has 1 aliphatic rings. The summed E-state index contributed by atoms with van der Waals surface area (Å²) in [7, 11) is 0. The molecule has 156 valence electrons. The Morgan fingerprint density at radius 1 is 1.27 bits per heavy atom. The highest BCUT2D eigenvalue weighted by Crippen LogP contribution is 2.25. The molecule has 4 N–H and O–H groups in total. The van der Waals surface area contributed by atoms with Crippen LogP contribution in [0.3, 0.4) is 0 Å². The average molecular weight is 429 g/mol. The van der Waals surface area contributed by atoms with Crippen molar-refractivity contribution in [2.24, 2.45) is 0 Å². The summed E-state index contributed by atoms with van der Waals surface area (Å²) < 4.78 is 0. The van der Waals surface area contributed by atoms with Crippen molar-refractivity contribution in [3.05, 3.63) is 52.6 Å². The highest BCUT2D eigenvalue weighted by Gasteiger charge is 2.25. The molecule has 0 unspecified atom stereocenters. The summed E-state index contributed by atoms with van der Waals surface area (Å²) in [5.74, 6) is 0.382. The number of hydrogen-bond acceptors (Lipinski definition) is 5. The van der Waals surface area contributed by atoms with Gasteiger partial charge in [0.25, 0.3) is 0 Å². The molecule has 0 saturated carbocycles.